The topological polar surface area (TPSA) is 69.0 Å². The number of pyridine rings is 1. The van der Waals surface area contributed by atoms with E-state index in [2.05, 4.69) is 15.4 Å². The first-order valence-electron chi connectivity index (χ1n) is 9.59. The van der Waals surface area contributed by atoms with Crippen LogP contribution in [0.3, 0.4) is 0 Å². The molecule has 0 aliphatic heterocycles. The molecule has 6 nitrogen and oxygen atoms in total. The summed E-state index contributed by atoms with van der Waals surface area (Å²) >= 11 is 0. The van der Waals surface area contributed by atoms with Gasteiger partial charge in [-0.05, 0) is 47.0 Å². The molecule has 0 atom stereocenters. The van der Waals surface area contributed by atoms with E-state index in [0.717, 1.165) is 33.7 Å². The second-order valence-corrected chi connectivity index (χ2v) is 6.91. The molecule has 6 heteroatoms. The molecule has 0 saturated carbocycles. The summed E-state index contributed by atoms with van der Waals surface area (Å²) in [6.45, 7) is 0.383. The molecule has 1 amide bonds. The SMILES string of the molecule is COc1cccc(-c2ccc(C(=O)NCc3cccnc3-c3cnn(C)c3)cc2)c1. The molecule has 0 saturated heterocycles. The predicted molar refractivity (Wildman–Crippen MR) is 116 cm³/mol. The molecule has 0 unspecified atom stereocenters. The van der Waals surface area contributed by atoms with Crippen molar-refractivity contribution in [2.45, 2.75) is 6.54 Å². The first-order chi connectivity index (χ1) is 14.6. The number of carbonyl (C=O) groups is 1. The Morgan fingerprint density at radius 2 is 1.87 bits per heavy atom. The van der Waals surface area contributed by atoms with Gasteiger partial charge in [0.05, 0.1) is 19.0 Å². The van der Waals surface area contributed by atoms with E-state index in [1.807, 2.05) is 73.9 Å². The lowest BCUT2D eigenvalue weighted by molar-refractivity contribution is 0.0951. The minimum Gasteiger partial charge on any atom is -0.497 e. The van der Waals surface area contributed by atoms with Gasteiger partial charge in [0.15, 0.2) is 0 Å². The first-order valence-corrected chi connectivity index (χ1v) is 9.59. The highest BCUT2D eigenvalue weighted by Gasteiger charge is 2.11. The Labute approximate surface area is 175 Å². The summed E-state index contributed by atoms with van der Waals surface area (Å²) in [6, 6.07) is 19.2. The molecule has 2 aromatic carbocycles. The van der Waals surface area contributed by atoms with Crippen molar-refractivity contribution in [3.05, 3.63) is 90.4 Å². The first kappa shape index (κ1) is 19.4. The van der Waals surface area contributed by atoms with Crippen LogP contribution in [0.25, 0.3) is 22.4 Å². The quantitative estimate of drug-likeness (QED) is 0.531. The Kier molecular flexibility index (Phi) is 5.57. The molecular formula is C24H22N4O2. The van der Waals surface area contributed by atoms with Crippen LogP contribution < -0.4 is 10.1 Å². The van der Waals surface area contributed by atoms with E-state index < -0.39 is 0 Å². The van der Waals surface area contributed by atoms with Crippen LogP contribution in [-0.2, 0) is 13.6 Å². The van der Waals surface area contributed by atoms with Crippen LogP contribution in [0.1, 0.15) is 15.9 Å². The summed E-state index contributed by atoms with van der Waals surface area (Å²) in [5.41, 5.74) is 5.35. The zero-order valence-corrected chi connectivity index (χ0v) is 16.9. The van der Waals surface area contributed by atoms with Crippen LogP contribution in [0.5, 0.6) is 5.75 Å². The lowest BCUT2D eigenvalue weighted by Crippen LogP contribution is -2.23. The van der Waals surface area contributed by atoms with Crippen LogP contribution in [-0.4, -0.2) is 27.8 Å². The zero-order valence-electron chi connectivity index (χ0n) is 16.9. The van der Waals surface area contributed by atoms with E-state index in [1.54, 1.807) is 24.2 Å². The number of ether oxygens (including phenoxy) is 1. The highest BCUT2D eigenvalue weighted by Crippen LogP contribution is 2.24. The molecule has 0 radical (unpaired) electrons. The molecule has 4 aromatic rings. The van der Waals surface area contributed by atoms with Crippen molar-refractivity contribution in [2.75, 3.05) is 7.11 Å². The molecule has 2 aromatic heterocycles. The largest absolute Gasteiger partial charge is 0.497 e. The number of amides is 1. The van der Waals surface area contributed by atoms with Crippen LogP contribution in [0, 0.1) is 0 Å². The Balaban J connectivity index is 1.46. The number of hydrogen-bond acceptors (Lipinski definition) is 4. The number of benzene rings is 2. The summed E-state index contributed by atoms with van der Waals surface area (Å²) in [7, 11) is 3.51. The number of aryl methyl sites for hydroxylation is 1. The van der Waals surface area contributed by atoms with Crippen molar-refractivity contribution >= 4 is 5.91 Å². The lowest BCUT2D eigenvalue weighted by atomic mass is 10.0. The number of methoxy groups -OCH3 is 1. The van der Waals surface area contributed by atoms with E-state index in [1.165, 1.54) is 0 Å². The summed E-state index contributed by atoms with van der Waals surface area (Å²) in [4.78, 5) is 17.1. The van der Waals surface area contributed by atoms with Crippen molar-refractivity contribution in [3.63, 3.8) is 0 Å². The Morgan fingerprint density at radius 1 is 1.03 bits per heavy atom. The van der Waals surface area contributed by atoms with Crippen molar-refractivity contribution in [1.29, 1.82) is 0 Å². The van der Waals surface area contributed by atoms with Crippen LogP contribution >= 0.6 is 0 Å². The summed E-state index contributed by atoms with van der Waals surface area (Å²) < 4.78 is 7.01. The predicted octanol–water partition coefficient (Wildman–Crippen LogP) is 4.09. The molecule has 0 aliphatic carbocycles. The highest BCUT2D eigenvalue weighted by atomic mass is 16.5. The van der Waals surface area contributed by atoms with Gasteiger partial charge in [0.25, 0.3) is 5.91 Å². The molecule has 150 valence electrons. The van der Waals surface area contributed by atoms with Crippen molar-refractivity contribution in [2.24, 2.45) is 7.05 Å². The maximum absolute atomic E-state index is 12.7. The molecule has 0 aliphatic rings. The zero-order chi connectivity index (χ0) is 20.9. The van der Waals surface area contributed by atoms with Gasteiger partial charge >= 0.3 is 0 Å². The van der Waals surface area contributed by atoms with Crippen molar-refractivity contribution in [1.82, 2.24) is 20.1 Å². The molecule has 0 spiro atoms. The summed E-state index contributed by atoms with van der Waals surface area (Å²) in [5, 5.41) is 7.19. The third-order valence-corrected chi connectivity index (χ3v) is 4.86. The normalized spacial score (nSPS) is 10.6. The number of nitrogens with zero attached hydrogens (tertiary/aromatic N) is 3. The van der Waals surface area contributed by atoms with Gasteiger partial charge in [0, 0.05) is 37.1 Å². The third-order valence-electron chi connectivity index (χ3n) is 4.86. The Bertz CT molecular complexity index is 1170. The van der Waals surface area contributed by atoms with Crippen LogP contribution in [0.2, 0.25) is 0 Å². The number of nitrogens with one attached hydrogen (secondary N) is 1. The smallest absolute Gasteiger partial charge is 0.251 e. The summed E-state index contributed by atoms with van der Waals surface area (Å²) in [6.07, 6.45) is 5.42. The van der Waals surface area contributed by atoms with Crippen LogP contribution in [0.4, 0.5) is 0 Å². The molecule has 4 rings (SSSR count). The standard InChI is InChI=1S/C24H22N4O2/c1-28-16-21(15-27-28)23-20(6-4-12-25-23)14-26-24(29)18-10-8-17(9-11-18)19-5-3-7-22(13-19)30-2/h3-13,15-16H,14H2,1-2H3,(H,26,29). The molecule has 0 bridgehead atoms. The average Bonchev–Trinajstić information content (AvgIpc) is 3.24. The van der Waals surface area contributed by atoms with Gasteiger partial charge in [-0.1, -0.05) is 30.3 Å². The number of rotatable bonds is 6. The Morgan fingerprint density at radius 3 is 2.60 bits per heavy atom. The van der Waals surface area contributed by atoms with Gasteiger partial charge in [-0.2, -0.15) is 5.10 Å². The maximum atomic E-state index is 12.7. The van der Waals surface area contributed by atoms with E-state index >= 15 is 0 Å². The van der Waals surface area contributed by atoms with Crippen molar-refractivity contribution in [3.8, 4) is 28.1 Å². The second kappa shape index (κ2) is 8.61. The van der Waals surface area contributed by atoms with Gasteiger partial charge in [0.1, 0.15) is 5.75 Å². The fourth-order valence-electron chi connectivity index (χ4n) is 3.28. The third kappa shape index (κ3) is 4.22. The van der Waals surface area contributed by atoms with E-state index in [-0.39, 0.29) is 5.91 Å². The highest BCUT2D eigenvalue weighted by molar-refractivity contribution is 5.94. The fourth-order valence-corrected chi connectivity index (χ4v) is 3.28. The van der Waals surface area contributed by atoms with Gasteiger partial charge in [0.2, 0.25) is 0 Å². The van der Waals surface area contributed by atoms with E-state index in [4.69, 9.17) is 4.74 Å². The molecular weight excluding hydrogens is 376 g/mol. The van der Waals surface area contributed by atoms with Gasteiger partial charge in [-0.25, -0.2) is 0 Å². The van der Waals surface area contributed by atoms with Gasteiger partial charge in [-0.3, -0.25) is 14.5 Å². The number of carbonyl (C=O) groups excluding carboxylic acids is 1. The minimum absolute atomic E-state index is 0.131. The minimum atomic E-state index is -0.131. The van der Waals surface area contributed by atoms with Crippen molar-refractivity contribution < 1.29 is 9.53 Å². The monoisotopic (exact) mass is 398 g/mol. The molecule has 0 fully saturated rings. The van der Waals surface area contributed by atoms with Gasteiger partial charge in [-0.15, -0.1) is 0 Å². The number of hydrogen-bond donors (Lipinski definition) is 1. The molecule has 1 N–H and O–H groups in total. The maximum Gasteiger partial charge on any atom is 0.251 e. The van der Waals surface area contributed by atoms with Gasteiger partial charge < -0.3 is 10.1 Å². The van der Waals surface area contributed by atoms with E-state index in [0.29, 0.717) is 12.1 Å². The summed E-state index contributed by atoms with van der Waals surface area (Å²) in [5.74, 6) is 0.670. The lowest BCUT2D eigenvalue weighted by Gasteiger charge is -2.10. The average molecular weight is 398 g/mol. The van der Waals surface area contributed by atoms with E-state index in [9.17, 15) is 4.79 Å². The fraction of sp³-hybridized carbons (Fsp3) is 0.125. The number of aromatic nitrogens is 3. The molecule has 2 heterocycles. The second-order valence-electron chi connectivity index (χ2n) is 6.91. The Hall–Kier alpha value is -3.93. The van der Waals surface area contributed by atoms with Crippen LogP contribution in [0.15, 0.2) is 79.3 Å². The molecule has 30 heavy (non-hydrogen) atoms.